The zero-order valence-electron chi connectivity index (χ0n) is 11.8. The van der Waals surface area contributed by atoms with Crippen molar-refractivity contribution in [2.75, 3.05) is 5.73 Å². The minimum Gasteiger partial charge on any atom is -0.460 e. The van der Waals surface area contributed by atoms with Crippen LogP contribution in [-0.4, -0.2) is 9.78 Å². The summed E-state index contributed by atoms with van der Waals surface area (Å²) < 4.78 is 7.41. The van der Waals surface area contributed by atoms with Gasteiger partial charge in [-0.25, -0.2) is 4.68 Å². The number of nitrogens with two attached hydrogens (primary N) is 1. The van der Waals surface area contributed by atoms with Crippen molar-refractivity contribution in [1.29, 1.82) is 0 Å². The van der Waals surface area contributed by atoms with Crippen LogP contribution in [0.4, 0.5) is 5.69 Å². The Balaban J connectivity index is 2.11. The molecule has 0 aliphatic carbocycles. The molecule has 3 aromatic rings. The van der Waals surface area contributed by atoms with Gasteiger partial charge in [0.15, 0.2) is 11.5 Å². The van der Waals surface area contributed by atoms with E-state index in [1.54, 1.807) is 0 Å². The summed E-state index contributed by atoms with van der Waals surface area (Å²) in [6, 6.07) is 10.1. The van der Waals surface area contributed by atoms with Crippen LogP contribution in [0.15, 0.2) is 40.9 Å². The fourth-order valence-corrected chi connectivity index (χ4v) is 2.23. The fraction of sp³-hybridized carbons (Fsp3) is 0.188. The van der Waals surface area contributed by atoms with Gasteiger partial charge in [-0.3, -0.25) is 0 Å². The number of anilines is 1. The first-order chi connectivity index (χ1) is 9.54. The molecule has 20 heavy (non-hydrogen) atoms. The lowest BCUT2D eigenvalue weighted by Gasteiger charge is -2.06. The summed E-state index contributed by atoms with van der Waals surface area (Å²) in [5.74, 6) is 1.55. The Bertz CT molecular complexity index is 768. The van der Waals surface area contributed by atoms with Gasteiger partial charge in [0.05, 0.1) is 17.6 Å². The number of nitrogen functional groups attached to an aromatic ring is 1. The van der Waals surface area contributed by atoms with E-state index in [0.717, 1.165) is 17.0 Å². The predicted molar refractivity (Wildman–Crippen MR) is 79.9 cm³/mol. The lowest BCUT2D eigenvalue weighted by Crippen LogP contribution is -1.98. The van der Waals surface area contributed by atoms with Crippen molar-refractivity contribution >= 4 is 5.69 Å². The van der Waals surface area contributed by atoms with Crippen molar-refractivity contribution in [3.05, 3.63) is 53.4 Å². The molecule has 1 aromatic carbocycles. The molecular formula is C16H17N3O. The molecule has 0 aliphatic heterocycles. The Labute approximate surface area is 117 Å². The summed E-state index contributed by atoms with van der Waals surface area (Å²) in [4.78, 5) is 0. The Hall–Kier alpha value is -2.49. The lowest BCUT2D eigenvalue weighted by atomic mass is 10.1. The third kappa shape index (κ3) is 2.09. The minimum atomic E-state index is 0.611. The summed E-state index contributed by atoms with van der Waals surface area (Å²) in [6.07, 6.45) is 1.83. The molecule has 0 unspecified atom stereocenters. The molecule has 2 heterocycles. The molecule has 0 saturated carbocycles. The van der Waals surface area contributed by atoms with E-state index < -0.39 is 0 Å². The van der Waals surface area contributed by atoms with Crippen LogP contribution in [0.2, 0.25) is 0 Å². The van der Waals surface area contributed by atoms with Crippen molar-refractivity contribution in [3.63, 3.8) is 0 Å². The van der Waals surface area contributed by atoms with Gasteiger partial charge in [-0.15, -0.1) is 0 Å². The molecule has 4 heteroatoms. The van der Waals surface area contributed by atoms with E-state index in [0.29, 0.717) is 17.1 Å². The Morgan fingerprint density at radius 3 is 2.60 bits per heavy atom. The summed E-state index contributed by atoms with van der Waals surface area (Å²) in [5.41, 5.74) is 10.7. The molecule has 0 atom stereocenters. The molecule has 3 rings (SSSR count). The van der Waals surface area contributed by atoms with Crippen LogP contribution in [0.1, 0.15) is 16.9 Å². The number of furan rings is 1. The van der Waals surface area contributed by atoms with Crippen LogP contribution < -0.4 is 5.73 Å². The number of aryl methyl sites for hydroxylation is 3. The molecule has 0 saturated heterocycles. The van der Waals surface area contributed by atoms with E-state index >= 15 is 0 Å². The molecular weight excluding hydrogens is 250 g/mol. The second-order valence-electron chi connectivity index (χ2n) is 5.08. The van der Waals surface area contributed by atoms with E-state index in [4.69, 9.17) is 10.2 Å². The van der Waals surface area contributed by atoms with Crippen LogP contribution in [-0.2, 0) is 0 Å². The first-order valence-electron chi connectivity index (χ1n) is 6.54. The minimum absolute atomic E-state index is 0.611. The van der Waals surface area contributed by atoms with E-state index in [9.17, 15) is 0 Å². The van der Waals surface area contributed by atoms with E-state index in [2.05, 4.69) is 37.1 Å². The van der Waals surface area contributed by atoms with Crippen LogP contribution in [0.5, 0.6) is 0 Å². The van der Waals surface area contributed by atoms with Crippen LogP contribution in [0.3, 0.4) is 0 Å². The summed E-state index contributed by atoms with van der Waals surface area (Å²) in [5, 5.41) is 4.56. The first-order valence-corrected chi connectivity index (χ1v) is 6.54. The molecule has 0 amide bonds. The van der Waals surface area contributed by atoms with Gasteiger partial charge in [0, 0.05) is 0 Å². The Morgan fingerprint density at radius 2 is 1.90 bits per heavy atom. The van der Waals surface area contributed by atoms with E-state index in [-0.39, 0.29) is 0 Å². The molecule has 4 nitrogen and oxygen atoms in total. The molecule has 0 spiro atoms. The van der Waals surface area contributed by atoms with Crippen molar-refractivity contribution in [3.8, 4) is 17.1 Å². The number of hydrogen-bond acceptors (Lipinski definition) is 3. The maximum atomic E-state index is 6.06. The van der Waals surface area contributed by atoms with Gasteiger partial charge in [-0.05, 0) is 50.1 Å². The van der Waals surface area contributed by atoms with Crippen LogP contribution >= 0.6 is 0 Å². The normalized spacial score (nSPS) is 10.9. The Morgan fingerprint density at radius 1 is 1.10 bits per heavy atom. The van der Waals surface area contributed by atoms with Gasteiger partial charge in [-0.2, -0.15) is 5.10 Å². The third-order valence-electron chi connectivity index (χ3n) is 3.33. The molecule has 0 bridgehead atoms. The average molecular weight is 267 g/mol. The molecule has 2 N–H and O–H groups in total. The topological polar surface area (TPSA) is 57.0 Å². The Kier molecular flexibility index (Phi) is 2.86. The average Bonchev–Trinajstić information content (AvgIpc) is 2.98. The predicted octanol–water partition coefficient (Wildman–Crippen LogP) is 3.64. The second kappa shape index (κ2) is 4.56. The summed E-state index contributed by atoms with van der Waals surface area (Å²) >= 11 is 0. The number of rotatable bonds is 2. The van der Waals surface area contributed by atoms with E-state index in [1.165, 1.54) is 5.56 Å². The van der Waals surface area contributed by atoms with Crippen molar-refractivity contribution in [2.45, 2.75) is 20.8 Å². The van der Waals surface area contributed by atoms with Crippen LogP contribution in [0, 0.1) is 20.8 Å². The standard InChI is InChI=1S/C16H17N3O/c1-10-4-5-11(2)14(8-10)19-9-13(17)16(18-19)15-7-6-12(3)20-15/h4-9H,17H2,1-3H3. The van der Waals surface area contributed by atoms with Gasteiger partial charge in [0.2, 0.25) is 0 Å². The van der Waals surface area contributed by atoms with Crippen LogP contribution in [0.25, 0.3) is 17.1 Å². The monoisotopic (exact) mass is 267 g/mol. The number of hydrogen-bond donors (Lipinski definition) is 1. The smallest absolute Gasteiger partial charge is 0.156 e. The largest absolute Gasteiger partial charge is 0.460 e. The highest BCUT2D eigenvalue weighted by Crippen LogP contribution is 2.27. The summed E-state index contributed by atoms with van der Waals surface area (Å²) in [6.45, 7) is 6.03. The molecule has 0 aliphatic rings. The third-order valence-corrected chi connectivity index (χ3v) is 3.33. The van der Waals surface area contributed by atoms with E-state index in [1.807, 2.05) is 29.9 Å². The molecule has 0 radical (unpaired) electrons. The lowest BCUT2D eigenvalue weighted by molar-refractivity contribution is 0.546. The molecule has 102 valence electrons. The highest BCUT2D eigenvalue weighted by atomic mass is 16.3. The highest BCUT2D eigenvalue weighted by Gasteiger charge is 2.13. The molecule has 0 fully saturated rings. The van der Waals surface area contributed by atoms with Crippen molar-refractivity contribution in [1.82, 2.24) is 9.78 Å². The zero-order valence-corrected chi connectivity index (χ0v) is 11.8. The quantitative estimate of drug-likeness (QED) is 0.771. The van der Waals surface area contributed by atoms with Crippen molar-refractivity contribution in [2.24, 2.45) is 0 Å². The number of nitrogens with zero attached hydrogens (tertiary/aromatic N) is 2. The second-order valence-corrected chi connectivity index (χ2v) is 5.08. The summed E-state index contributed by atoms with van der Waals surface area (Å²) in [7, 11) is 0. The van der Waals surface area contributed by atoms with Crippen molar-refractivity contribution < 1.29 is 4.42 Å². The molecule has 2 aromatic heterocycles. The van der Waals surface area contributed by atoms with Gasteiger partial charge in [0.25, 0.3) is 0 Å². The maximum Gasteiger partial charge on any atom is 0.156 e. The number of aromatic nitrogens is 2. The van der Waals surface area contributed by atoms with Gasteiger partial charge in [-0.1, -0.05) is 12.1 Å². The van der Waals surface area contributed by atoms with Gasteiger partial charge >= 0.3 is 0 Å². The fourth-order valence-electron chi connectivity index (χ4n) is 2.23. The highest BCUT2D eigenvalue weighted by molar-refractivity contribution is 5.68. The van der Waals surface area contributed by atoms with Gasteiger partial charge in [0.1, 0.15) is 5.76 Å². The maximum absolute atomic E-state index is 6.06. The van der Waals surface area contributed by atoms with Gasteiger partial charge < -0.3 is 10.2 Å². The number of benzene rings is 1. The first kappa shape index (κ1) is 12.5. The SMILES string of the molecule is Cc1ccc(C)c(-n2cc(N)c(-c3ccc(C)o3)n2)c1. The zero-order chi connectivity index (χ0) is 14.3.